The summed E-state index contributed by atoms with van der Waals surface area (Å²) in [6.07, 6.45) is 2.76. The Morgan fingerprint density at radius 1 is 1.06 bits per heavy atom. The number of hydrogen-bond acceptors (Lipinski definition) is 3. The van der Waals surface area contributed by atoms with Crippen LogP contribution in [0.3, 0.4) is 0 Å². The zero-order chi connectivity index (χ0) is 13.8. The average molecular weight is 258 g/mol. The fraction of sp³-hybridized carbons (Fsp3) is 0.846. The minimum Gasteiger partial charge on any atom is -0.481 e. The molecule has 106 valence electrons. The van der Waals surface area contributed by atoms with Gasteiger partial charge in [-0.05, 0) is 38.9 Å². The Morgan fingerprint density at radius 2 is 1.67 bits per heavy atom. The average Bonchev–Trinajstić information content (AvgIpc) is 2.34. The zero-order valence-electron chi connectivity index (χ0n) is 11.6. The van der Waals surface area contributed by atoms with Crippen LogP contribution in [0.4, 0.5) is 0 Å². The van der Waals surface area contributed by atoms with Crippen LogP contribution in [0.2, 0.25) is 0 Å². The smallest absolute Gasteiger partial charge is 0.303 e. The second-order valence-electron chi connectivity index (χ2n) is 4.33. The molecule has 0 radical (unpaired) electrons. The summed E-state index contributed by atoms with van der Waals surface area (Å²) in [6.45, 7) is 8.05. The van der Waals surface area contributed by atoms with Crippen molar-refractivity contribution in [2.75, 3.05) is 26.2 Å². The Morgan fingerprint density at radius 3 is 2.22 bits per heavy atom. The molecule has 0 aromatic heterocycles. The van der Waals surface area contributed by atoms with Gasteiger partial charge in [-0.2, -0.15) is 0 Å². The molecule has 0 aliphatic carbocycles. The van der Waals surface area contributed by atoms with Crippen molar-refractivity contribution >= 4 is 11.9 Å². The Bertz CT molecular complexity index is 240. The molecule has 0 aromatic carbocycles. The summed E-state index contributed by atoms with van der Waals surface area (Å²) in [5.74, 6) is -0.769. The van der Waals surface area contributed by atoms with Gasteiger partial charge in [0.05, 0.1) is 0 Å². The standard InChI is InChI=1S/C13H26N2O3/c1-3-15(4-2)11-7-10-14-12(16)8-5-6-9-13(17)18/h3-11H2,1-2H3,(H,14,16)(H,17,18). The fourth-order valence-corrected chi connectivity index (χ4v) is 1.72. The summed E-state index contributed by atoms with van der Waals surface area (Å²) in [6, 6.07) is 0. The van der Waals surface area contributed by atoms with E-state index < -0.39 is 5.97 Å². The molecule has 0 aromatic rings. The van der Waals surface area contributed by atoms with Crippen molar-refractivity contribution in [1.29, 1.82) is 0 Å². The maximum atomic E-state index is 11.4. The van der Waals surface area contributed by atoms with Crippen LogP contribution in [0.25, 0.3) is 0 Å². The van der Waals surface area contributed by atoms with Gasteiger partial charge in [-0.1, -0.05) is 13.8 Å². The Labute approximate surface area is 110 Å². The lowest BCUT2D eigenvalue weighted by Crippen LogP contribution is -2.29. The highest BCUT2D eigenvalue weighted by Gasteiger charge is 2.03. The van der Waals surface area contributed by atoms with Gasteiger partial charge in [0.2, 0.25) is 5.91 Å². The van der Waals surface area contributed by atoms with Crippen molar-refractivity contribution in [3.63, 3.8) is 0 Å². The molecule has 18 heavy (non-hydrogen) atoms. The Balaban J connectivity index is 3.39. The number of carbonyl (C=O) groups is 2. The van der Waals surface area contributed by atoms with Gasteiger partial charge < -0.3 is 15.3 Å². The lowest BCUT2D eigenvalue weighted by molar-refractivity contribution is -0.137. The van der Waals surface area contributed by atoms with Crippen molar-refractivity contribution in [2.45, 2.75) is 46.0 Å². The molecule has 0 saturated carbocycles. The van der Waals surface area contributed by atoms with Crippen molar-refractivity contribution < 1.29 is 14.7 Å². The number of carboxylic acid groups (broad SMARTS) is 1. The third-order valence-corrected chi connectivity index (χ3v) is 2.91. The molecule has 0 fully saturated rings. The molecule has 0 spiro atoms. The van der Waals surface area contributed by atoms with Crippen molar-refractivity contribution in [2.24, 2.45) is 0 Å². The van der Waals surface area contributed by atoms with E-state index in [1.165, 1.54) is 0 Å². The van der Waals surface area contributed by atoms with Crippen LogP contribution >= 0.6 is 0 Å². The summed E-state index contributed by atoms with van der Waals surface area (Å²) in [5.41, 5.74) is 0. The number of aliphatic carboxylic acids is 1. The minimum absolute atomic E-state index is 0.0277. The second-order valence-corrected chi connectivity index (χ2v) is 4.33. The summed E-state index contributed by atoms with van der Waals surface area (Å²) < 4.78 is 0. The molecule has 2 N–H and O–H groups in total. The van der Waals surface area contributed by atoms with Gasteiger partial charge in [0.15, 0.2) is 0 Å². The van der Waals surface area contributed by atoms with E-state index in [9.17, 15) is 9.59 Å². The van der Waals surface area contributed by atoms with E-state index in [4.69, 9.17) is 5.11 Å². The zero-order valence-corrected chi connectivity index (χ0v) is 11.6. The van der Waals surface area contributed by atoms with Crippen LogP contribution < -0.4 is 5.32 Å². The third kappa shape index (κ3) is 10.1. The van der Waals surface area contributed by atoms with E-state index in [0.29, 0.717) is 25.8 Å². The first-order valence-electron chi connectivity index (χ1n) is 6.81. The van der Waals surface area contributed by atoms with Crippen LogP contribution in [-0.4, -0.2) is 48.1 Å². The molecule has 0 aliphatic rings. The molecule has 0 atom stereocenters. The number of nitrogens with one attached hydrogen (secondary N) is 1. The van der Waals surface area contributed by atoms with E-state index in [0.717, 1.165) is 26.1 Å². The van der Waals surface area contributed by atoms with Gasteiger partial charge in [0.1, 0.15) is 0 Å². The normalized spacial score (nSPS) is 10.6. The molecule has 0 aliphatic heterocycles. The lowest BCUT2D eigenvalue weighted by Gasteiger charge is -2.17. The molecule has 5 heteroatoms. The highest BCUT2D eigenvalue weighted by molar-refractivity contribution is 5.75. The quantitative estimate of drug-likeness (QED) is 0.551. The topological polar surface area (TPSA) is 69.6 Å². The number of carbonyl (C=O) groups excluding carboxylic acids is 1. The molecule has 5 nitrogen and oxygen atoms in total. The van der Waals surface area contributed by atoms with E-state index in [1.54, 1.807) is 0 Å². The van der Waals surface area contributed by atoms with Crippen molar-refractivity contribution in [3.05, 3.63) is 0 Å². The molecule has 0 bridgehead atoms. The predicted molar refractivity (Wildman–Crippen MR) is 71.5 cm³/mol. The minimum atomic E-state index is -0.797. The lowest BCUT2D eigenvalue weighted by atomic mass is 10.2. The predicted octanol–water partition coefficient (Wildman–Crippen LogP) is 1.48. The molecular formula is C13H26N2O3. The fourth-order valence-electron chi connectivity index (χ4n) is 1.72. The monoisotopic (exact) mass is 258 g/mol. The van der Waals surface area contributed by atoms with E-state index in [-0.39, 0.29) is 12.3 Å². The van der Waals surface area contributed by atoms with Gasteiger partial charge in [-0.15, -0.1) is 0 Å². The maximum absolute atomic E-state index is 11.4. The SMILES string of the molecule is CCN(CC)CCCNC(=O)CCCCC(=O)O. The summed E-state index contributed by atoms with van der Waals surface area (Å²) >= 11 is 0. The largest absolute Gasteiger partial charge is 0.481 e. The van der Waals surface area contributed by atoms with Crippen LogP contribution in [-0.2, 0) is 9.59 Å². The van der Waals surface area contributed by atoms with E-state index in [2.05, 4.69) is 24.1 Å². The highest BCUT2D eigenvalue weighted by atomic mass is 16.4. The molecule has 1 amide bonds. The Kier molecular flexibility index (Phi) is 10.3. The molecular weight excluding hydrogens is 232 g/mol. The Hall–Kier alpha value is -1.10. The molecule has 0 unspecified atom stereocenters. The van der Waals surface area contributed by atoms with Crippen LogP contribution in [0.1, 0.15) is 46.0 Å². The van der Waals surface area contributed by atoms with Crippen LogP contribution in [0.5, 0.6) is 0 Å². The molecule has 0 saturated heterocycles. The van der Waals surface area contributed by atoms with Gasteiger partial charge >= 0.3 is 5.97 Å². The van der Waals surface area contributed by atoms with Crippen molar-refractivity contribution in [3.8, 4) is 0 Å². The van der Waals surface area contributed by atoms with Gasteiger partial charge in [0, 0.05) is 19.4 Å². The van der Waals surface area contributed by atoms with Gasteiger partial charge in [0.25, 0.3) is 0 Å². The number of nitrogens with zero attached hydrogens (tertiary/aromatic N) is 1. The summed E-state index contributed by atoms with van der Waals surface area (Å²) in [7, 11) is 0. The first-order chi connectivity index (χ1) is 8.60. The molecule has 0 heterocycles. The maximum Gasteiger partial charge on any atom is 0.303 e. The third-order valence-electron chi connectivity index (χ3n) is 2.91. The number of amides is 1. The van der Waals surface area contributed by atoms with Gasteiger partial charge in [-0.25, -0.2) is 0 Å². The number of hydrogen-bond donors (Lipinski definition) is 2. The number of unbranched alkanes of at least 4 members (excludes halogenated alkanes) is 1. The first-order valence-corrected chi connectivity index (χ1v) is 6.81. The highest BCUT2D eigenvalue weighted by Crippen LogP contribution is 1.99. The number of carboxylic acids is 1. The van der Waals surface area contributed by atoms with Crippen molar-refractivity contribution in [1.82, 2.24) is 10.2 Å². The first kappa shape index (κ1) is 16.9. The number of rotatable bonds is 11. The van der Waals surface area contributed by atoms with Crippen LogP contribution in [0, 0.1) is 0 Å². The second kappa shape index (κ2) is 11.0. The molecule has 0 rings (SSSR count). The van der Waals surface area contributed by atoms with Crippen LogP contribution in [0.15, 0.2) is 0 Å². The van der Waals surface area contributed by atoms with E-state index in [1.807, 2.05) is 0 Å². The van der Waals surface area contributed by atoms with Gasteiger partial charge in [-0.3, -0.25) is 9.59 Å². The summed E-state index contributed by atoms with van der Waals surface area (Å²) in [5, 5.41) is 11.3. The summed E-state index contributed by atoms with van der Waals surface area (Å²) in [4.78, 5) is 24.0. The van der Waals surface area contributed by atoms with E-state index >= 15 is 0 Å².